The van der Waals surface area contributed by atoms with E-state index >= 15 is 0 Å². The molecule has 0 aliphatic carbocycles. The maximum absolute atomic E-state index is 12.3. The second-order valence-corrected chi connectivity index (χ2v) is 8.01. The van der Waals surface area contributed by atoms with E-state index in [9.17, 15) is 9.59 Å². The predicted molar refractivity (Wildman–Crippen MR) is 120 cm³/mol. The van der Waals surface area contributed by atoms with Gasteiger partial charge in [-0.25, -0.2) is 0 Å². The molecule has 0 radical (unpaired) electrons. The van der Waals surface area contributed by atoms with Crippen molar-refractivity contribution in [2.75, 3.05) is 18.4 Å². The van der Waals surface area contributed by atoms with Crippen LogP contribution in [0.1, 0.15) is 51.5 Å². The van der Waals surface area contributed by atoms with Crippen molar-refractivity contribution in [1.82, 2.24) is 9.88 Å². The lowest BCUT2D eigenvalue weighted by molar-refractivity contribution is -0.131. The highest BCUT2D eigenvalue weighted by molar-refractivity contribution is 7.98. The van der Waals surface area contributed by atoms with Gasteiger partial charge in [-0.3, -0.25) is 14.6 Å². The highest BCUT2D eigenvalue weighted by Crippen LogP contribution is 2.24. The van der Waals surface area contributed by atoms with E-state index in [-0.39, 0.29) is 11.8 Å². The molecule has 0 unspecified atom stereocenters. The molecule has 156 valence electrons. The predicted octanol–water partition coefficient (Wildman–Crippen LogP) is 5.13. The summed E-state index contributed by atoms with van der Waals surface area (Å²) in [5, 5.41) is 2.91. The first-order valence-corrected chi connectivity index (χ1v) is 11.3. The molecular formula is C23H31N3O2S. The minimum Gasteiger partial charge on any atom is -0.343 e. The van der Waals surface area contributed by atoms with Gasteiger partial charge in [0.25, 0.3) is 0 Å². The Kier molecular flexibility index (Phi) is 10.3. The molecule has 2 rings (SSSR count). The van der Waals surface area contributed by atoms with Crippen molar-refractivity contribution < 1.29 is 9.59 Å². The van der Waals surface area contributed by atoms with Crippen LogP contribution in [0.2, 0.25) is 0 Å². The van der Waals surface area contributed by atoms with Gasteiger partial charge in [-0.2, -0.15) is 0 Å². The van der Waals surface area contributed by atoms with Crippen LogP contribution in [0.4, 0.5) is 5.69 Å². The zero-order valence-electron chi connectivity index (χ0n) is 17.4. The number of nitrogens with one attached hydrogen (secondary N) is 1. The third-order valence-corrected chi connectivity index (χ3v) is 5.48. The van der Waals surface area contributed by atoms with Crippen molar-refractivity contribution >= 4 is 29.3 Å². The van der Waals surface area contributed by atoms with Crippen LogP contribution in [0, 0.1) is 0 Å². The number of thioether (sulfide) groups is 1. The highest BCUT2D eigenvalue weighted by Gasteiger charge is 2.12. The van der Waals surface area contributed by atoms with E-state index in [1.807, 2.05) is 41.4 Å². The Labute approximate surface area is 178 Å². The Hall–Kier alpha value is -2.34. The van der Waals surface area contributed by atoms with Crippen LogP contribution in [-0.4, -0.2) is 34.8 Å². The Morgan fingerprint density at radius 3 is 2.38 bits per heavy atom. The van der Waals surface area contributed by atoms with Crippen LogP contribution < -0.4 is 5.32 Å². The van der Waals surface area contributed by atoms with Crippen LogP contribution >= 0.6 is 11.8 Å². The fraction of sp³-hybridized carbons (Fsp3) is 0.435. The number of nitrogens with zero attached hydrogens (tertiary/aromatic N) is 2. The largest absolute Gasteiger partial charge is 0.343 e. The van der Waals surface area contributed by atoms with Crippen LogP contribution in [-0.2, 0) is 15.3 Å². The summed E-state index contributed by atoms with van der Waals surface area (Å²) in [5.41, 5.74) is 1.96. The molecule has 0 atom stereocenters. The van der Waals surface area contributed by atoms with Gasteiger partial charge in [0.05, 0.1) is 0 Å². The first kappa shape index (κ1) is 22.9. The Morgan fingerprint density at radius 2 is 1.76 bits per heavy atom. The fourth-order valence-corrected chi connectivity index (χ4v) is 3.80. The number of hydrogen-bond donors (Lipinski definition) is 1. The molecule has 0 fully saturated rings. The molecule has 6 heteroatoms. The van der Waals surface area contributed by atoms with E-state index in [0.717, 1.165) is 42.3 Å². The summed E-state index contributed by atoms with van der Waals surface area (Å²) in [7, 11) is 0. The van der Waals surface area contributed by atoms with Crippen LogP contribution in [0.15, 0.2) is 53.7 Å². The number of carbonyl (C=O) groups excluding carboxylic acids is 2. The molecule has 0 saturated heterocycles. The molecule has 1 heterocycles. The third kappa shape index (κ3) is 8.69. The summed E-state index contributed by atoms with van der Waals surface area (Å²) >= 11 is 1.73. The summed E-state index contributed by atoms with van der Waals surface area (Å²) in [6, 6.07) is 11.8. The van der Waals surface area contributed by atoms with Crippen LogP contribution in [0.5, 0.6) is 0 Å². The van der Waals surface area contributed by atoms with Crippen molar-refractivity contribution in [1.29, 1.82) is 0 Å². The molecule has 1 aromatic carbocycles. The lowest BCUT2D eigenvalue weighted by Crippen LogP contribution is -2.32. The first-order chi connectivity index (χ1) is 14.1. The number of amides is 2. The molecule has 0 saturated carbocycles. The summed E-state index contributed by atoms with van der Waals surface area (Å²) in [5.74, 6) is 0.961. The van der Waals surface area contributed by atoms with Crippen molar-refractivity contribution in [3.05, 3.63) is 54.4 Å². The summed E-state index contributed by atoms with van der Waals surface area (Å²) in [6.45, 7) is 5.74. The van der Waals surface area contributed by atoms with Gasteiger partial charge >= 0.3 is 0 Å². The van der Waals surface area contributed by atoms with Gasteiger partial charge in [-0.15, -0.1) is 11.8 Å². The second-order valence-electron chi connectivity index (χ2n) is 6.96. The number of anilines is 1. The zero-order chi connectivity index (χ0) is 20.9. The summed E-state index contributed by atoms with van der Waals surface area (Å²) < 4.78 is 0. The molecule has 29 heavy (non-hydrogen) atoms. The second kappa shape index (κ2) is 13.0. The molecule has 0 bridgehead atoms. The van der Waals surface area contributed by atoms with E-state index < -0.39 is 0 Å². The van der Waals surface area contributed by atoms with Gasteiger partial charge in [0.1, 0.15) is 0 Å². The minimum absolute atomic E-state index is 0.0499. The number of benzene rings is 1. The van der Waals surface area contributed by atoms with E-state index in [1.165, 1.54) is 5.56 Å². The topological polar surface area (TPSA) is 62.3 Å². The Bertz CT molecular complexity index is 744. The quantitative estimate of drug-likeness (QED) is 0.490. The number of rotatable bonds is 12. The van der Waals surface area contributed by atoms with Gasteiger partial charge in [-0.05, 0) is 55.2 Å². The van der Waals surface area contributed by atoms with Gasteiger partial charge in [0.2, 0.25) is 11.8 Å². The number of hydrogen-bond acceptors (Lipinski definition) is 4. The monoisotopic (exact) mass is 413 g/mol. The lowest BCUT2D eigenvalue weighted by Gasteiger charge is -2.21. The normalized spacial score (nSPS) is 10.6. The molecule has 2 aromatic rings. The van der Waals surface area contributed by atoms with Crippen molar-refractivity contribution in [2.24, 2.45) is 0 Å². The molecule has 2 amide bonds. The summed E-state index contributed by atoms with van der Waals surface area (Å²) in [4.78, 5) is 31.6. The molecular weight excluding hydrogens is 382 g/mol. The lowest BCUT2D eigenvalue weighted by atomic mass is 10.2. The van der Waals surface area contributed by atoms with Gasteiger partial charge in [0.15, 0.2) is 0 Å². The minimum atomic E-state index is -0.0499. The number of aromatic nitrogens is 1. The third-order valence-electron chi connectivity index (χ3n) is 4.40. The van der Waals surface area contributed by atoms with E-state index in [2.05, 4.69) is 30.2 Å². The first-order valence-electron chi connectivity index (χ1n) is 10.3. The average Bonchev–Trinajstić information content (AvgIpc) is 2.74. The molecule has 0 spiro atoms. The smallest absolute Gasteiger partial charge is 0.224 e. The Balaban J connectivity index is 1.71. The fourth-order valence-electron chi connectivity index (χ4n) is 2.97. The van der Waals surface area contributed by atoms with Crippen molar-refractivity contribution in [3.63, 3.8) is 0 Å². The van der Waals surface area contributed by atoms with Gasteiger partial charge in [-0.1, -0.05) is 19.9 Å². The number of carbonyl (C=O) groups is 2. The van der Waals surface area contributed by atoms with E-state index in [4.69, 9.17) is 0 Å². The molecule has 0 aliphatic heterocycles. The molecule has 1 aromatic heterocycles. The summed E-state index contributed by atoms with van der Waals surface area (Å²) in [6.07, 6.45) is 6.93. The van der Waals surface area contributed by atoms with Crippen LogP contribution in [0.25, 0.3) is 0 Å². The standard InChI is InChI=1S/C23H31N3O2S/c1-3-15-26(16-4-2)23(28)9-5-8-22(27)25-20-10-12-21(13-11-20)29-18-19-7-6-14-24-17-19/h6-7,10-14,17H,3-5,8-9,15-16,18H2,1-2H3,(H,25,27). The molecule has 0 aliphatic rings. The van der Waals surface area contributed by atoms with Crippen LogP contribution in [0.3, 0.4) is 0 Å². The molecule has 1 N–H and O–H groups in total. The van der Waals surface area contributed by atoms with E-state index in [0.29, 0.717) is 19.3 Å². The Morgan fingerprint density at radius 1 is 1.03 bits per heavy atom. The zero-order valence-corrected chi connectivity index (χ0v) is 18.2. The number of pyridine rings is 1. The van der Waals surface area contributed by atoms with Gasteiger partial charge < -0.3 is 10.2 Å². The maximum Gasteiger partial charge on any atom is 0.224 e. The van der Waals surface area contributed by atoms with Gasteiger partial charge in [0, 0.05) is 54.7 Å². The average molecular weight is 414 g/mol. The van der Waals surface area contributed by atoms with E-state index in [1.54, 1.807) is 18.0 Å². The SMILES string of the molecule is CCCN(CCC)C(=O)CCCC(=O)Nc1ccc(SCc2cccnc2)cc1. The van der Waals surface area contributed by atoms with Crippen molar-refractivity contribution in [3.8, 4) is 0 Å². The highest BCUT2D eigenvalue weighted by atomic mass is 32.2. The molecule has 5 nitrogen and oxygen atoms in total. The van der Waals surface area contributed by atoms with Crippen molar-refractivity contribution in [2.45, 2.75) is 56.6 Å². The maximum atomic E-state index is 12.3.